The number of para-hydroxylation sites is 1. The quantitative estimate of drug-likeness (QED) is 0.828. The monoisotopic (exact) mass is 330 g/mol. The normalized spacial score (nSPS) is 15.5. The summed E-state index contributed by atoms with van der Waals surface area (Å²) in [4.78, 5) is 18.3. The minimum atomic E-state index is -0.195. The summed E-state index contributed by atoms with van der Waals surface area (Å²) in [5.74, 6) is -0.0463. The first-order valence-corrected chi connectivity index (χ1v) is 8.47. The number of hydrogen-bond acceptors (Lipinski definition) is 3. The molecule has 1 N–H and O–H groups in total. The van der Waals surface area contributed by atoms with Crippen molar-refractivity contribution >= 4 is 11.6 Å². The van der Waals surface area contributed by atoms with E-state index in [0.717, 1.165) is 25.8 Å². The van der Waals surface area contributed by atoms with Crippen LogP contribution >= 0.6 is 0 Å². The van der Waals surface area contributed by atoms with Crippen LogP contribution in [0.5, 0.6) is 0 Å². The van der Waals surface area contributed by atoms with E-state index in [0.29, 0.717) is 25.3 Å². The van der Waals surface area contributed by atoms with Crippen LogP contribution in [0.4, 0.5) is 10.1 Å². The smallest absolute Gasteiger partial charge is 0.223 e. The van der Waals surface area contributed by atoms with E-state index in [9.17, 15) is 9.18 Å². The molecule has 6 heteroatoms. The molecule has 5 nitrogen and oxygen atoms in total. The van der Waals surface area contributed by atoms with Gasteiger partial charge in [0.05, 0.1) is 12.0 Å². The molecule has 0 aliphatic carbocycles. The summed E-state index contributed by atoms with van der Waals surface area (Å²) in [7, 11) is 0. The molecule has 0 unspecified atom stereocenters. The number of imidazole rings is 1. The summed E-state index contributed by atoms with van der Waals surface area (Å²) in [5, 5.41) is 3.02. The number of carbonyl (C=O) groups excluding carboxylic acids is 1. The third-order valence-electron chi connectivity index (χ3n) is 4.51. The van der Waals surface area contributed by atoms with Crippen LogP contribution in [0, 0.1) is 11.7 Å². The second-order valence-electron chi connectivity index (χ2n) is 6.16. The summed E-state index contributed by atoms with van der Waals surface area (Å²) in [6, 6.07) is 6.82. The molecule has 1 aliphatic heterocycles. The fraction of sp³-hybridized carbons (Fsp3) is 0.444. The summed E-state index contributed by atoms with van der Waals surface area (Å²) < 4.78 is 15.8. The van der Waals surface area contributed by atoms with Gasteiger partial charge in [-0.15, -0.1) is 0 Å². The molecule has 1 fully saturated rings. The number of hydrogen-bond donors (Lipinski definition) is 1. The van der Waals surface area contributed by atoms with Gasteiger partial charge in [0.25, 0.3) is 0 Å². The van der Waals surface area contributed by atoms with Crippen molar-refractivity contribution in [1.29, 1.82) is 0 Å². The van der Waals surface area contributed by atoms with Gasteiger partial charge >= 0.3 is 0 Å². The van der Waals surface area contributed by atoms with Crippen LogP contribution in [0.1, 0.15) is 19.3 Å². The summed E-state index contributed by atoms with van der Waals surface area (Å²) in [5.41, 5.74) is 0.636. The molecule has 0 atom stereocenters. The van der Waals surface area contributed by atoms with Crippen LogP contribution < -0.4 is 10.2 Å². The first-order chi connectivity index (χ1) is 11.7. The van der Waals surface area contributed by atoms with Crippen molar-refractivity contribution in [1.82, 2.24) is 14.9 Å². The van der Waals surface area contributed by atoms with Gasteiger partial charge in [-0.3, -0.25) is 4.79 Å². The molecule has 0 saturated carbocycles. The molecule has 1 aromatic carbocycles. The van der Waals surface area contributed by atoms with E-state index in [-0.39, 0.29) is 17.6 Å². The number of carbonyl (C=O) groups is 1. The number of nitrogens with zero attached hydrogens (tertiary/aromatic N) is 3. The number of rotatable bonds is 6. The van der Waals surface area contributed by atoms with E-state index in [1.165, 1.54) is 6.07 Å². The molecule has 1 aliphatic rings. The maximum Gasteiger partial charge on any atom is 0.223 e. The second-order valence-corrected chi connectivity index (χ2v) is 6.16. The van der Waals surface area contributed by atoms with Crippen LogP contribution in [0.3, 0.4) is 0 Å². The summed E-state index contributed by atoms with van der Waals surface area (Å²) in [6.45, 7) is 2.96. The van der Waals surface area contributed by atoms with Crippen molar-refractivity contribution in [2.45, 2.75) is 25.8 Å². The minimum Gasteiger partial charge on any atom is -0.369 e. The number of aryl methyl sites for hydroxylation is 1. The number of piperidine rings is 1. The standard InChI is InChI=1S/C18H23FN4O/c19-16-4-1-2-5-17(16)23-11-6-15(7-12-23)18(24)21-8-3-10-22-13-9-20-14-22/h1-2,4-5,9,13-15H,3,6-8,10-12H2,(H,21,24). The predicted octanol–water partition coefficient (Wildman–Crippen LogP) is 2.45. The van der Waals surface area contributed by atoms with Crippen molar-refractivity contribution in [3.8, 4) is 0 Å². The Morgan fingerprint density at radius 2 is 2.08 bits per heavy atom. The van der Waals surface area contributed by atoms with Crippen LogP contribution in [-0.2, 0) is 11.3 Å². The topological polar surface area (TPSA) is 50.2 Å². The van der Waals surface area contributed by atoms with E-state index >= 15 is 0 Å². The van der Waals surface area contributed by atoms with Crippen molar-refractivity contribution in [2.24, 2.45) is 5.92 Å². The molecular weight excluding hydrogens is 307 g/mol. The molecule has 128 valence electrons. The Balaban J connectivity index is 1.39. The van der Waals surface area contributed by atoms with Gasteiger partial charge in [-0.05, 0) is 31.4 Å². The van der Waals surface area contributed by atoms with Crippen molar-refractivity contribution in [2.75, 3.05) is 24.5 Å². The number of benzene rings is 1. The lowest BCUT2D eigenvalue weighted by atomic mass is 9.95. The van der Waals surface area contributed by atoms with Gasteiger partial charge in [0, 0.05) is 44.5 Å². The van der Waals surface area contributed by atoms with Gasteiger partial charge < -0.3 is 14.8 Å². The van der Waals surface area contributed by atoms with Gasteiger partial charge in [0.1, 0.15) is 5.82 Å². The van der Waals surface area contributed by atoms with Crippen molar-refractivity contribution in [3.63, 3.8) is 0 Å². The highest BCUT2D eigenvalue weighted by Crippen LogP contribution is 2.25. The number of amides is 1. The third kappa shape index (κ3) is 4.13. The maximum absolute atomic E-state index is 13.8. The molecule has 1 amide bonds. The van der Waals surface area contributed by atoms with Crippen molar-refractivity contribution in [3.05, 3.63) is 48.8 Å². The first-order valence-electron chi connectivity index (χ1n) is 8.47. The Morgan fingerprint density at radius 1 is 1.29 bits per heavy atom. The zero-order valence-electron chi connectivity index (χ0n) is 13.7. The number of nitrogens with one attached hydrogen (secondary N) is 1. The highest BCUT2D eigenvalue weighted by molar-refractivity contribution is 5.79. The summed E-state index contributed by atoms with van der Waals surface area (Å²) >= 11 is 0. The molecule has 2 aromatic rings. The Morgan fingerprint density at radius 3 is 2.79 bits per heavy atom. The van der Waals surface area contributed by atoms with Crippen LogP contribution in [-0.4, -0.2) is 35.1 Å². The lowest BCUT2D eigenvalue weighted by Crippen LogP contribution is -2.41. The van der Waals surface area contributed by atoms with Gasteiger partial charge in [0.2, 0.25) is 5.91 Å². The Bertz CT molecular complexity index is 651. The zero-order valence-corrected chi connectivity index (χ0v) is 13.7. The molecule has 3 rings (SSSR count). The third-order valence-corrected chi connectivity index (χ3v) is 4.51. The SMILES string of the molecule is O=C(NCCCn1ccnc1)C1CCN(c2ccccc2F)CC1. The number of halogens is 1. The van der Waals surface area contributed by atoms with Crippen LogP contribution in [0.15, 0.2) is 43.0 Å². The zero-order chi connectivity index (χ0) is 16.8. The van der Waals surface area contributed by atoms with Crippen molar-refractivity contribution < 1.29 is 9.18 Å². The maximum atomic E-state index is 13.8. The fourth-order valence-electron chi connectivity index (χ4n) is 3.13. The largest absolute Gasteiger partial charge is 0.369 e. The average molecular weight is 330 g/mol. The first kappa shape index (κ1) is 16.5. The van der Waals surface area contributed by atoms with Gasteiger partial charge in [-0.25, -0.2) is 9.37 Å². The Kier molecular flexibility index (Phi) is 5.46. The van der Waals surface area contributed by atoms with Gasteiger partial charge in [-0.1, -0.05) is 12.1 Å². The predicted molar refractivity (Wildman–Crippen MR) is 91.2 cm³/mol. The fourth-order valence-corrected chi connectivity index (χ4v) is 3.13. The molecular formula is C18H23FN4O. The average Bonchev–Trinajstić information content (AvgIpc) is 3.13. The van der Waals surface area contributed by atoms with E-state index in [1.54, 1.807) is 24.7 Å². The van der Waals surface area contributed by atoms with E-state index < -0.39 is 0 Å². The lowest BCUT2D eigenvalue weighted by Gasteiger charge is -2.33. The van der Waals surface area contributed by atoms with E-state index in [1.807, 2.05) is 21.7 Å². The Hall–Kier alpha value is -2.37. The van der Waals surface area contributed by atoms with Crippen LogP contribution in [0.25, 0.3) is 0 Å². The highest BCUT2D eigenvalue weighted by atomic mass is 19.1. The van der Waals surface area contributed by atoms with Gasteiger partial charge in [-0.2, -0.15) is 0 Å². The number of aromatic nitrogens is 2. The Labute approximate surface area is 141 Å². The van der Waals surface area contributed by atoms with Gasteiger partial charge in [0.15, 0.2) is 0 Å². The highest BCUT2D eigenvalue weighted by Gasteiger charge is 2.25. The lowest BCUT2D eigenvalue weighted by molar-refractivity contribution is -0.125. The number of anilines is 1. The van der Waals surface area contributed by atoms with E-state index in [2.05, 4.69) is 10.3 Å². The molecule has 2 heterocycles. The minimum absolute atomic E-state index is 0.0290. The molecule has 0 radical (unpaired) electrons. The van der Waals surface area contributed by atoms with E-state index in [4.69, 9.17) is 0 Å². The molecule has 0 bridgehead atoms. The molecule has 1 saturated heterocycles. The molecule has 1 aromatic heterocycles. The van der Waals surface area contributed by atoms with Crippen LogP contribution in [0.2, 0.25) is 0 Å². The molecule has 24 heavy (non-hydrogen) atoms. The second kappa shape index (κ2) is 7.95. The summed E-state index contributed by atoms with van der Waals surface area (Å²) in [6.07, 6.45) is 7.86. The molecule has 0 spiro atoms.